The molecular formula is C13H16N2O2. The fourth-order valence-electron chi connectivity index (χ4n) is 1.51. The minimum Gasteiger partial charge on any atom is -0.484 e. The zero-order valence-corrected chi connectivity index (χ0v) is 10.4. The average Bonchev–Trinajstić information content (AvgIpc) is 2.79. The maximum absolute atomic E-state index is 5.67. The first-order chi connectivity index (χ1) is 8.20. The van der Waals surface area contributed by atoms with Crippen LogP contribution in [0.4, 0.5) is 0 Å². The molecule has 0 saturated carbocycles. The second-order valence-corrected chi connectivity index (χ2v) is 3.93. The minimum atomic E-state index is 0.317. The molecule has 0 N–H and O–H groups in total. The van der Waals surface area contributed by atoms with Crippen LogP contribution in [0.3, 0.4) is 0 Å². The van der Waals surface area contributed by atoms with Gasteiger partial charge in [0, 0.05) is 6.42 Å². The molecule has 0 bridgehead atoms. The van der Waals surface area contributed by atoms with Crippen LogP contribution in [0, 0.1) is 13.8 Å². The summed E-state index contributed by atoms with van der Waals surface area (Å²) in [6, 6.07) is 5.98. The molecule has 0 saturated heterocycles. The summed E-state index contributed by atoms with van der Waals surface area (Å²) in [6.45, 7) is 6.39. The standard InChI is InChI=1S/C13H16N2O2/c1-4-12-14-15-13(17-12)8-16-11-7-5-6-9(2)10(11)3/h5-7H,4,8H2,1-3H3. The molecule has 2 rings (SSSR count). The van der Waals surface area contributed by atoms with Gasteiger partial charge in [0.2, 0.25) is 5.89 Å². The van der Waals surface area contributed by atoms with Crippen molar-refractivity contribution in [1.29, 1.82) is 0 Å². The molecule has 0 atom stereocenters. The molecule has 1 heterocycles. The summed E-state index contributed by atoms with van der Waals surface area (Å²) in [4.78, 5) is 0. The molecule has 4 heteroatoms. The molecule has 0 spiro atoms. The summed E-state index contributed by atoms with van der Waals surface area (Å²) in [5, 5.41) is 7.80. The zero-order chi connectivity index (χ0) is 12.3. The first-order valence-corrected chi connectivity index (χ1v) is 5.71. The van der Waals surface area contributed by atoms with E-state index in [-0.39, 0.29) is 0 Å². The van der Waals surface area contributed by atoms with E-state index in [9.17, 15) is 0 Å². The Bertz CT molecular complexity index is 506. The van der Waals surface area contributed by atoms with Crippen LogP contribution in [0.15, 0.2) is 22.6 Å². The molecule has 90 valence electrons. The van der Waals surface area contributed by atoms with Crippen molar-refractivity contribution in [3.63, 3.8) is 0 Å². The number of aromatic nitrogens is 2. The lowest BCUT2D eigenvalue weighted by atomic mass is 10.1. The highest BCUT2D eigenvalue weighted by Gasteiger charge is 2.07. The third-order valence-electron chi connectivity index (χ3n) is 2.72. The number of ether oxygens (including phenoxy) is 1. The van der Waals surface area contributed by atoms with Crippen molar-refractivity contribution in [3.05, 3.63) is 41.1 Å². The Morgan fingerprint density at radius 2 is 1.94 bits per heavy atom. The van der Waals surface area contributed by atoms with Crippen LogP contribution in [-0.2, 0) is 13.0 Å². The van der Waals surface area contributed by atoms with E-state index in [0.717, 1.165) is 17.7 Å². The van der Waals surface area contributed by atoms with Crippen LogP contribution in [-0.4, -0.2) is 10.2 Å². The zero-order valence-electron chi connectivity index (χ0n) is 10.4. The quantitative estimate of drug-likeness (QED) is 0.813. The molecule has 17 heavy (non-hydrogen) atoms. The van der Waals surface area contributed by atoms with Crippen LogP contribution < -0.4 is 4.74 Å². The Balaban J connectivity index is 2.04. The number of aryl methyl sites for hydroxylation is 2. The van der Waals surface area contributed by atoms with Gasteiger partial charge in [-0.2, -0.15) is 0 Å². The lowest BCUT2D eigenvalue weighted by Crippen LogP contribution is -1.98. The molecule has 1 aromatic carbocycles. The smallest absolute Gasteiger partial charge is 0.253 e. The maximum Gasteiger partial charge on any atom is 0.253 e. The Hall–Kier alpha value is -1.84. The van der Waals surface area contributed by atoms with Gasteiger partial charge in [0.1, 0.15) is 5.75 Å². The number of hydrogen-bond acceptors (Lipinski definition) is 4. The summed E-state index contributed by atoms with van der Waals surface area (Å²) >= 11 is 0. The van der Waals surface area contributed by atoms with E-state index in [4.69, 9.17) is 9.15 Å². The van der Waals surface area contributed by atoms with Gasteiger partial charge in [-0.05, 0) is 31.0 Å². The van der Waals surface area contributed by atoms with Crippen molar-refractivity contribution in [2.75, 3.05) is 0 Å². The van der Waals surface area contributed by atoms with Crippen molar-refractivity contribution < 1.29 is 9.15 Å². The fraction of sp³-hybridized carbons (Fsp3) is 0.385. The van der Waals surface area contributed by atoms with Crippen LogP contribution in [0.25, 0.3) is 0 Å². The second-order valence-electron chi connectivity index (χ2n) is 3.93. The van der Waals surface area contributed by atoms with Crippen molar-refractivity contribution in [1.82, 2.24) is 10.2 Å². The van der Waals surface area contributed by atoms with E-state index in [2.05, 4.69) is 23.2 Å². The number of benzene rings is 1. The molecule has 0 radical (unpaired) electrons. The van der Waals surface area contributed by atoms with Gasteiger partial charge in [0.05, 0.1) is 0 Å². The predicted octanol–water partition coefficient (Wildman–Crippen LogP) is 2.83. The molecule has 1 aromatic heterocycles. The lowest BCUT2D eigenvalue weighted by molar-refractivity contribution is 0.257. The van der Waals surface area contributed by atoms with Gasteiger partial charge in [-0.25, -0.2) is 0 Å². The van der Waals surface area contributed by atoms with Crippen LogP contribution in [0.1, 0.15) is 29.8 Å². The predicted molar refractivity (Wildman–Crippen MR) is 63.9 cm³/mol. The van der Waals surface area contributed by atoms with Crippen molar-refractivity contribution in [2.24, 2.45) is 0 Å². The van der Waals surface area contributed by atoms with E-state index in [1.165, 1.54) is 5.56 Å². The Labute approximate surface area is 101 Å². The topological polar surface area (TPSA) is 48.2 Å². The van der Waals surface area contributed by atoms with Gasteiger partial charge in [-0.3, -0.25) is 0 Å². The van der Waals surface area contributed by atoms with E-state index < -0.39 is 0 Å². The monoisotopic (exact) mass is 232 g/mol. The van der Waals surface area contributed by atoms with Crippen molar-refractivity contribution >= 4 is 0 Å². The Kier molecular flexibility index (Phi) is 3.42. The fourth-order valence-corrected chi connectivity index (χ4v) is 1.51. The van der Waals surface area contributed by atoms with Gasteiger partial charge < -0.3 is 9.15 Å². The van der Waals surface area contributed by atoms with Crippen LogP contribution >= 0.6 is 0 Å². The SMILES string of the molecule is CCc1nnc(COc2cccc(C)c2C)o1. The van der Waals surface area contributed by atoms with Gasteiger partial charge >= 0.3 is 0 Å². The third-order valence-corrected chi connectivity index (χ3v) is 2.72. The highest BCUT2D eigenvalue weighted by Crippen LogP contribution is 2.21. The first-order valence-electron chi connectivity index (χ1n) is 5.71. The van der Waals surface area contributed by atoms with E-state index >= 15 is 0 Å². The molecule has 0 aliphatic heterocycles. The highest BCUT2D eigenvalue weighted by molar-refractivity contribution is 5.38. The molecule has 0 amide bonds. The summed E-state index contributed by atoms with van der Waals surface area (Å²) in [5.41, 5.74) is 2.35. The second kappa shape index (κ2) is 4.99. The highest BCUT2D eigenvalue weighted by atomic mass is 16.5. The number of nitrogens with zero attached hydrogens (tertiary/aromatic N) is 2. The molecular weight excluding hydrogens is 216 g/mol. The largest absolute Gasteiger partial charge is 0.484 e. The summed E-state index contributed by atoms with van der Waals surface area (Å²) in [6.07, 6.45) is 0.747. The van der Waals surface area contributed by atoms with Gasteiger partial charge in [0.15, 0.2) is 6.61 Å². The summed E-state index contributed by atoms with van der Waals surface area (Å²) in [5.74, 6) is 2.02. The van der Waals surface area contributed by atoms with Gasteiger partial charge in [0.25, 0.3) is 5.89 Å². The van der Waals surface area contributed by atoms with Crippen LogP contribution in [0.5, 0.6) is 5.75 Å². The van der Waals surface area contributed by atoms with Gasteiger partial charge in [-0.15, -0.1) is 10.2 Å². The lowest BCUT2D eigenvalue weighted by Gasteiger charge is -2.08. The molecule has 4 nitrogen and oxygen atoms in total. The minimum absolute atomic E-state index is 0.317. The Morgan fingerprint density at radius 1 is 1.18 bits per heavy atom. The number of hydrogen-bond donors (Lipinski definition) is 0. The molecule has 0 aliphatic rings. The number of rotatable bonds is 4. The normalized spacial score (nSPS) is 10.5. The van der Waals surface area contributed by atoms with Crippen LogP contribution in [0.2, 0.25) is 0 Å². The van der Waals surface area contributed by atoms with E-state index in [1.54, 1.807) is 0 Å². The van der Waals surface area contributed by atoms with Crippen molar-refractivity contribution in [2.45, 2.75) is 33.8 Å². The molecule has 0 unspecified atom stereocenters. The average molecular weight is 232 g/mol. The summed E-state index contributed by atoms with van der Waals surface area (Å²) < 4.78 is 11.0. The molecule has 0 aliphatic carbocycles. The first kappa shape index (κ1) is 11.6. The van der Waals surface area contributed by atoms with E-state index in [1.807, 2.05) is 26.0 Å². The van der Waals surface area contributed by atoms with Crippen molar-refractivity contribution in [3.8, 4) is 5.75 Å². The third kappa shape index (κ3) is 2.64. The van der Waals surface area contributed by atoms with E-state index in [0.29, 0.717) is 18.4 Å². The molecule has 0 fully saturated rings. The maximum atomic E-state index is 5.67. The Morgan fingerprint density at radius 3 is 2.65 bits per heavy atom. The molecule has 2 aromatic rings. The van der Waals surface area contributed by atoms with Gasteiger partial charge in [-0.1, -0.05) is 19.1 Å². The summed E-state index contributed by atoms with van der Waals surface area (Å²) in [7, 11) is 0.